The number of hydrogen-bond donors (Lipinski definition) is 0. The molecule has 174 valence electrons. The molecule has 1 saturated heterocycles. The molecule has 4 nitrogen and oxygen atoms in total. The number of nitrogens with zero attached hydrogens (tertiary/aromatic N) is 4. The molecule has 3 heterocycles. The molecule has 1 saturated carbocycles. The van der Waals surface area contributed by atoms with Gasteiger partial charge in [-0.2, -0.15) is 13.2 Å². The average molecular weight is 473 g/mol. The minimum atomic E-state index is -4.40. The van der Waals surface area contributed by atoms with Gasteiger partial charge in [0.05, 0.1) is 21.8 Å². The molecule has 1 aliphatic carbocycles. The zero-order valence-corrected chi connectivity index (χ0v) is 19.3. The molecule has 2 fully saturated rings. The van der Waals surface area contributed by atoms with Crippen LogP contribution in [0.3, 0.4) is 0 Å². The summed E-state index contributed by atoms with van der Waals surface area (Å²) in [6, 6.07) is 5.50. The predicted octanol–water partition coefficient (Wildman–Crippen LogP) is 7.32. The molecule has 0 radical (unpaired) electrons. The Balaban J connectivity index is 1.64. The molecule has 33 heavy (non-hydrogen) atoms. The van der Waals surface area contributed by atoms with E-state index in [4.69, 9.17) is 4.98 Å². The maximum absolute atomic E-state index is 13.5. The van der Waals surface area contributed by atoms with E-state index in [1.165, 1.54) is 44.1 Å². The van der Waals surface area contributed by atoms with Crippen molar-refractivity contribution in [3.8, 4) is 21.8 Å². The van der Waals surface area contributed by atoms with E-state index in [1.54, 1.807) is 17.4 Å². The van der Waals surface area contributed by atoms with E-state index in [2.05, 4.69) is 14.9 Å². The normalized spacial score (nSPS) is 18.0. The van der Waals surface area contributed by atoms with Gasteiger partial charge < -0.3 is 4.90 Å². The number of alkyl halides is 3. The van der Waals surface area contributed by atoms with Crippen LogP contribution in [0.1, 0.15) is 68.4 Å². The van der Waals surface area contributed by atoms with Crippen molar-refractivity contribution in [1.29, 1.82) is 0 Å². The lowest BCUT2D eigenvalue weighted by molar-refractivity contribution is -0.137. The van der Waals surface area contributed by atoms with Gasteiger partial charge in [0.15, 0.2) is 5.13 Å². The van der Waals surface area contributed by atoms with Crippen LogP contribution in [0, 0.1) is 0 Å². The molecule has 2 aliphatic rings. The van der Waals surface area contributed by atoms with Crippen molar-refractivity contribution >= 4 is 16.5 Å². The molecule has 0 spiro atoms. The van der Waals surface area contributed by atoms with Gasteiger partial charge in [0.25, 0.3) is 0 Å². The van der Waals surface area contributed by atoms with E-state index in [1.807, 2.05) is 6.20 Å². The summed E-state index contributed by atoms with van der Waals surface area (Å²) in [5.74, 6) is 0.379. The number of aromatic nitrogens is 3. The molecule has 0 atom stereocenters. The second kappa shape index (κ2) is 9.41. The Kier molecular flexibility index (Phi) is 6.36. The predicted molar refractivity (Wildman–Crippen MR) is 125 cm³/mol. The summed E-state index contributed by atoms with van der Waals surface area (Å²) in [6.07, 6.45) is 8.25. The fourth-order valence-electron chi connectivity index (χ4n) is 4.97. The largest absolute Gasteiger partial charge is 0.416 e. The maximum Gasteiger partial charge on any atom is 0.416 e. The summed E-state index contributed by atoms with van der Waals surface area (Å²) in [5.41, 5.74) is 2.33. The number of benzene rings is 1. The molecular formula is C25H27F3N4S. The van der Waals surface area contributed by atoms with Crippen LogP contribution in [-0.2, 0) is 6.18 Å². The summed E-state index contributed by atoms with van der Waals surface area (Å²) in [4.78, 5) is 17.0. The number of anilines is 1. The highest BCUT2D eigenvalue weighted by atomic mass is 32.1. The number of hydrogen-bond acceptors (Lipinski definition) is 5. The third-order valence-electron chi connectivity index (χ3n) is 6.71. The van der Waals surface area contributed by atoms with Crippen molar-refractivity contribution in [2.24, 2.45) is 0 Å². The first-order valence-electron chi connectivity index (χ1n) is 11.7. The highest BCUT2D eigenvalue weighted by molar-refractivity contribution is 7.19. The molecule has 1 aromatic carbocycles. The summed E-state index contributed by atoms with van der Waals surface area (Å²) in [6.45, 7) is 1.85. The van der Waals surface area contributed by atoms with Crippen molar-refractivity contribution in [2.45, 2.75) is 63.5 Å². The second-order valence-corrected chi connectivity index (χ2v) is 9.94. The number of thiazole rings is 1. The average Bonchev–Trinajstić information content (AvgIpc) is 3.30. The topological polar surface area (TPSA) is 41.9 Å². The Morgan fingerprint density at radius 1 is 0.939 bits per heavy atom. The van der Waals surface area contributed by atoms with Gasteiger partial charge in [0.2, 0.25) is 0 Å². The zero-order chi connectivity index (χ0) is 22.8. The molecule has 0 unspecified atom stereocenters. The monoisotopic (exact) mass is 472 g/mol. The molecule has 3 aromatic rings. The third-order valence-corrected chi connectivity index (χ3v) is 7.83. The number of piperidine rings is 1. The second-order valence-electron chi connectivity index (χ2n) is 8.96. The van der Waals surface area contributed by atoms with Crippen molar-refractivity contribution in [3.05, 3.63) is 47.9 Å². The highest BCUT2D eigenvalue weighted by Crippen LogP contribution is 2.45. The Bertz CT molecular complexity index is 1100. The minimum Gasteiger partial charge on any atom is -0.348 e. The smallest absolute Gasteiger partial charge is 0.348 e. The molecule has 0 bridgehead atoms. The molecule has 0 N–H and O–H groups in total. The van der Waals surface area contributed by atoms with Gasteiger partial charge in [0.1, 0.15) is 6.33 Å². The lowest BCUT2D eigenvalue weighted by Gasteiger charge is -2.25. The van der Waals surface area contributed by atoms with E-state index < -0.39 is 11.7 Å². The van der Waals surface area contributed by atoms with Gasteiger partial charge in [-0.15, -0.1) is 0 Å². The Morgan fingerprint density at radius 2 is 1.70 bits per heavy atom. The summed E-state index contributed by atoms with van der Waals surface area (Å²) >= 11 is 1.55. The standard InChI is InChI=1S/C25H27F3N4S/c26-25(27,28)19-11-7-10-18(14-19)21-23(33-24(31-21)32-12-5-2-6-13-32)22-20(15-29-16-30-22)17-8-3-1-4-9-17/h7,10-11,14-17H,1-6,8-9,12-13H2. The molecule has 8 heteroatoms. The fraction of sp³-hybridized carbons (Fsp3) is 0.480. The van der Waals surface area contributed by atoms with Crippen LogP contribution in [0.5, 0.6) is 0 Å². The van der Waals surface area contributed by atoms with Crippen LogP contribution < -0.4 is 4.90 Å². The van der Waals surface area contributed by atoms with E-state index >= 15 is 0 Å². The first-order valence-corrected chi connectivity index (χ1v) is 12.6. The van der Waals surface area contributed by atoms with Crippen LogP contribution in [-0.4, -0.2) is 28.0 Å². The van der Waals surface area contributed by atoms with Gasteiger partial charge in [-0.1, -0.05) is 42.7 Å². The van der Waals surface area contributed by atoms with Crippen LogP contribution >= 0.6 is 11.3 Å². The Hall–Kier alpha value is -2.48. The first-order chi connectivity index (χ1) is 16.0. The van der Waals surface area contributed by atoms with E-state index in [0.717, 1.165) is 66.1 Å². The molecule has 5 rings (SSSR count). The van der Waals surface area contributed by atoms with Gasteiger partial charge >= 0.3 is 6.18 Å². The minimum absolute atomic E-state index is 0.379. The lowest BCUT2D eigenvalue weighted by Crippen LogP contribution is -2.29. The summed E-state index contributed by atoms with van der Waals surface area (Å²) in [7, 11) is 0. The summed E-state index contributed by atoms with van der Waals surface area (Å²) in [5, 5.41) is 0.866. The van der Waals surface area contributed by atoms with Crippen molar-refractivity contribution in [1.82, 2.24) is 15.0 Å². The first kappa shape index (κ1) is 22.3. The van der Waals surface area contributed by atoms with E-state index in [-0.39, 0.29) is 0 Å². The van der Waals surface area contributed by atoms with Crippen LogP contribution in [0.2, 0.25) is 0 Å². The SMILES string of the molecule is FC(F)(F)c1cccc(-c2nc(N3CCCCC3)sc2-c2ncncc2C2CCCCC2)c1. The molecular weight excluding hydrogens is 445 g/mol. The Labute approximate surface area is 195 Å². The summed E-state index contributed by atoms with van der Waals surface area (Å²) < 4.78 is 40.4. The van der Waals surface area contributed by atoms with Gasteiger partial charge in [-0.25, -0.2) is 15.0 Å². The Morgan fingerprint density at radius 3 is 2.45 bits per heavy atom. The van der Waals surface area contributed by atoms with Crippen LogP contribution in [0.15, 0.2) is 36.8 Å². The highest BCUT2D eigenvalue weighted by Gasteiger charge is 2.32. The zero-order valence-electron chi connectivity index (χ0n) is 18.4. The van der Waals surface area contributed by atoms with Crippen LogP contribution in [0.25, 0.3) is 21.8 Å². The lowest BCUT2D eigenvalue weighted by atomic mass is 9.83. The maximum atomic E-state index is 13.5. The molecule has 1 aliphatic heterocycles. The quantitative estimate of drug-likeness (QED) is 0.399. The number of rotatable bonds is 4. The van der Waals surface area contributed by atoms with Crippen molar-refractivity contribution in [2.75, 3.05) is 18.0 Å². The molecule has 2 aromatic heterocycles. The van der Waals surface area contributed by atoms with Gasteiger partial charge in [-0.05, 0) is 50.2 Å². The van der Waals surface area contributed by atoms with E-state index in [9.17, 15) is 13.2 Å². The molecule has 0 amide bonds. The third kappa shape index (κ3) is 4.76. The van der Waals surface area contributed by atoms with Crippen molar-refractivity contribution in [3.63, 3.8) is 0 Å². The van der Waals surface area contributed by atoms with Crippen LogP contribution in [0.4, 0.5) is 18.3 Å². The number of halogens is 3. The van der Waals surface area contributed by atoms with Gasteiger partial charge in [-0.3, -0.25) is 0 Å². The van der Waals surface area contributed by atoms with E-state index in [0.29, 0.717) is 17.2 Å². The fourth-order valence-corrected chi connectivity index (χ4v) is 6.13. The van der Waals surface area contributed by atoms with Gasteiger partial charge in [0, 0.05) is 30.4 Å². The van der Waals surface area contributed by atoms with Crippen molar-refractivity contribution < 1.29 is 13.2 Å².